The first-order valence-electron chi connectivity index (χ1n) is 3.49. The maximum atomic E-state index is 9.34. The van der Waals surface area contributed by atoms with Crippen molar-refractivity contribution < 1.29 is 9.84 Å². The van der Waals surface area contributed by atoms with Gasteiger partial charge >= 0.3 is 0 Å². The Morgan fingerprint density at radius 2 is 2.00 bits per heavy atom. The Balaban J connectivity index is 0.000000720. The van der Waals surface area contributed by atoms with Gasteiger partial charge in [-0.05, 0) is 18.2 Å². The van der Waals surface area contributed by atoms with Gasteiger partial charge in [0.05, 0.1) is 5.56 Å². The number of aliphatic hydroxyl groups is 1. The quantitative estimate of drug-likeness (QED) is 0.671. The summed E-state index contributed by atoms with van der Waals surface area (Å²) < 4.78 is 5.26. The molecule has 0 radical (unpaired) electrons. The van der Waals surface area contributed by atoms with Crippen molar-refractivity contribution in [3.05, 3.63) is 35.9 Å². The molecule has 0 saturated heterocycles. The Morgan fingerprint density at radius 3 is 2.75 bits per heavy atom. The summed E-state index contributed by atoms with van der Waals surface area (Å²) >= 11 is 0. The van der Waals surface area contributed by atoms with E-state index in [2.05, 4.69) is 0 Å². The summed E-state index contributed by atoms with van der Waals surface area (Å²) in [6.45, 7) is 0.461. The highest BCUT2D eigenvalue weighted by Gasteiger charge is 2.10. The van der Waals surface area contributed by atoms with Crippen LogP contribution in [-0.4, -0.2) is 11.7 Å². The van der Waals surface area contributed by atoms with Crippen LogP contribution in [0.25, 0.3) is 5.76 Å². The van der Waals surface area contributed by atoms with Crippen LogP contribution in [0.2, 0.25) is 0 Å². The smallest absolute Gasteiger partial charge is 0.130 e. The van der Waals surface area contributed by atoms with Crippen molar-refractivity contribution in [3.8, 4) is 5.75 Å². The predicted molar refractivity (Wildman–Crippen MR) is 49.8 cm³/mol. The zero-order chi connectivity index (χ0) is 7.68. The summed E-state index contributed by atoms with van der Waals surface area (Å²) in [6, 6.07) is 7.44. The minimum Gasteiger partial charge on any atom is -0.507 e. The monoisotopic (exact) mass is 184 g/mol. The molecule has 3 heteroatoms. The Kier molecular flexibility index (Phi) is 2.61. The fraction of sp³-hybridized carbons (Fsp3) is 0.111. The third kappa shape index (κ3) is 1.38. The highest BCUT2D eigenvalue weighted by atomic mass is 35.5. The van der Waals surface area contributed by atoms with Gasteiger partial charge in [-0.15, -0.1) is 12.4 Å². The number of hydrogen-bond donors (Lipinski definition) is 1. The first-order chi connectivity index (χ1) is 5.38. The zero-order valence-corrected chi connectivity index (χ0v) is 7.17. The molecule has 0 fully saturated rings. The lowest BCUT2D eigenvalue weighted by Gasteiger charge is -2.13. The number of fused-ring (bicyclic) bond motifs is 1. The Hall–Kier alpha value is -1.15. The number of para-hydroxylation sites is 1. The van der Waals surface area contributed by atoms with Gasteiger partial charge in [-0.3, -0.25) is 0 Å². The fourth-order valence-corrected chi connectivity index (χ4v) is 1.12. The van der Waals surface area contributed by atoms with Crippen LogP contribution < -0.4 is 4.74 Å². The lowest BCUT2D eigenvalue weighted by Crippen LogP contribution is -2.03. The average Bonchev–Trinajstić information content (AvgIpc) is 2.06. The maximum Gasteiger partial charge on any atom is 0.130 e. The second-order valence-corrected chi connectivity index (χ2v) is 2.40. The van der Waals surface area contributed by atoms with Gasteiger partial charge in [-0.25, -0.2) is 0 Å². The normalized spacial score (nSPS) is 13.5. The Morgan fingerprint density at radius 1 is 1.25 bits per heavy atom. The van der Waals surface area contributed by atoms with Crippen LogP contribution >= 0.6 is 12.4 Å². The molecular formula is C9H9ClO2. The molecular weight excluding hydrogens is 176 g/mol. The van der Waals surface area contributed by atoms with E-state index in [-0.39, 0.29) is 12.4 Å². The summed E-state index contributed by atoms with van der Waals surface area (Å²) in [5.74, 6) is 1.07. The number of ether oxygens (including phenoxy) is 1. The summed E-state index contributed by atoms with van der Waals surface area (Å²) in [5.41, 5.74) is 0.777. The highest BCUT2D eigenvalue weighted by molar-refractivity contribution is 5.85. The molecule has 2 rings (SSSR count). The van der Waals surface area contributed by atoms with Crippen LogP contribution in [0, 0.1) is 0 Å². The first kappa shape index (κ1) is 8.94. The molecule has 1 heterocycles. The van der Waals surface area contributed by atoms with Crippen molar-refractivity contribution in [1.29, 1.82) is 0 Å². The van der Waals surface area contributed by atoms with Crippen LogP contribution in [0.5, 0.6) is 5.75 Å². The van der Waals surface area contributed by atoms with Crippen LogP contribution in [0.15, 0.2) is 30.3 Å². The summed E-state index contributed by atoms with van der Waals surface area (Å²) in [6.07, 6.45) is 1.66. The number of benzene rings is 1. The Bertz CT molecular complexity index is 307. The molecule has 2 nitrogen and oxygen atoms in total. The molecule has 0 atom stereocenters. The average molecular weight is 185 g/mol. The largest absolute Gasteiger partial charge is 0.507 e. The van der Waals surface area contributed by atoms with Crippen LogP contribution in [0.1, 0.15) is 5.56 Å². The van der Waals surface area contributed by atoms with Crippen LogP contribution in [0.4, 0.5) is 0 Å². The van der Waals surface area contributed by atoms with Crippen molar-refractivity contribution in [1.82, 2.24) is 0 Å². The molecule has 0 amide bonds. The minimum absolute atomic E-state index is 0. The van der Waals surface area contributed by atoms with Gasteiger partial charge in [0.2, 0.25) is 0 Å². The van der Waals surface area contributed by atoms with Gasteiger partial charge in [-0.2, -0.15) is 0 Å². The van der Waals surface area contributed by atoms with Crippen molar-refractivity contribution in [2.45, 2.75) is 0 Å². The van der Waals surface area contributed by atoms with Crippen molar-refractivity contribution >= 4 is 18.2 Å². The minimum atomic E-state index is 0. The summed E-state index contributed by atoms with van der Waals surface area (Å²) in [7, 11) is 0. The van der Waals surface area contributed by atoms with Gasteiger partial charge in [0.15, 0.2) is 0 Å². The molecule has 1 aliphatic rings. The third-order valence-corrected chi connectivity index (χ3v) is 1.68. The van der Waals surface area contributed by atoms with Crippen molar-refractivity contribution in [2.24, 2.45) is 0 Å². The van der Waals surface area contributed by atoms with E-state index in [1.54, 1.807) is 6.08 Å². The molecule has 0 aromatic heterocycles. The van der Waals surface area contributed by atoms with Gasteiger partial charge in [0, 0.05) is 0 Å². The molecule has 12 heavy (non-hydrogen) atoms. The van der Waals surface area contributed by atoms with Gasteiger partial charge in [-0.1, -0.05) is 12.1 Å². The van der Waals surface area contributed by atoms with E-state index >= 15 is 0 Å². The second-order valence-electron chi connectivity index (χ2n) is 2.40. The lowest BCUT2D eigenvalue weighted by atomic mass is 10.1. The fourth-order valence-electron chi connectivity index (χ4n) is 1.12. The Labute approximate surface area is 76.9 Å². The molecule has 0 saturated carbocycles. The van der Waals surface area contributed by atoms with E-state index in [9.17, 15) is 5.11 Å². The van der Waals surface area contributed by atoms with Gasteiger partial charge in [0.1, 0.15) is 18.1 Å². The second kappa shape index (κ2) is 3.50. The lowest BCUT2D eigenvalue weighted by molar-refractivity contribution is 0.345. The van der Waals surface area contributed by atoms with Gasteiger partial charge in [0.25, 0.3) is 0 Å². The van der Waals surface area contributed by atoms with E-state index in [1.165, 1.54) is 0 Å². The van der Waals surface area contributed by atoms with E-state index in [1.807, 2.05) is 24.3 Å². The SMILES string of the molecule is Cl.OC1=CCOc2ccccc21. The first-order valence-corrected chi connectivity index (χ1v) is 3.49. The highest BCUT2D eigenvalue weighted by Crippen LogP contribution is 2.26. The number of halogens is 1. The maximum absolute atomic E-state index is 9.34. The number of hydrogen-bond acceptors (Lipinski definition) is 2. The topological polar surface area (TPSA) is 29.5 Å². The van der Waals surface area contributed by atoms with E-state index < -0.39 is 0 Å². The van der Waals surface area contributed by atoms with E-state index in [4.69, 9.17) is 4.74 Å². The predicted octanol–water partition coefficient (Wildman–Crippen LogP) is 2.40. The number of aliphatic hydroxyl groups excluding tert-OH is 1. The van der Waals surface area contributed by atoms with E-state index in [0.29, 0.717) is 12.4 Å². The molecule has 1 aromatic rings. The molecule has 0 spiro atoms. The summed E-state index contributed by atoms with van der Waals surface area (Å²) in [4.78, 5) is 0. The third-order valence-electron chi connectivity index (χ3n) is 1.68. The van der Waals surface area contributed by atoms with Crippen molar-refractivity contribution in [2.75, 3.05) is 6.61 Å². The molecule has 0 unspecified atom stereocenters. The molecule has 1 N–H and O–H groups in total. The molecule has 0 bridgehead atoms. The van der Waals surface area contributed by atoms with Crippen LogP contribution in [0.3, 0.4) is 0 Å². The molecule has 1 aliphatic heterocycles. The molecule has 1 aromatic carbocycles. The van der Waals surface area contributed by atoms with Crippen LogP contribution in [-0.2, 0) is 0 Å². The standard InChI is InChI=1S/C9H8O2.ClH/c10-8-5-6-11-9-4-2-1-3-7(8)9;/h1-5,10H,6H2;1H. The van der Waals surface area contributed by atoms with E-state index in [0.717, 1.165) is 11.3 Å². The molecule has 64 valence electrons. The van der Waals surface area contributed by atoms with Crippen molar-refractivity contribution in [3.63, 3.8) is 0 Å². The van der Waals surface area contributed by atoms with Gasteiger partial charge < -0.3 is 9.84 Å². The zero-order valence-electron chi connectivity index (χ0n) is 6.36. The molecule has 0 aliphatic carbocycles. The summed E-state index contributed by atoms with van der Waals surface area (Å²) in [5, 5.41) is 9.34. The number of rotatable bonds is 0.